The fraction of sp³-hybridized carbons (Fsp3) is 1.00. The van der Waals surface area contributed by atoms with Gasteiger partial charge in [-0.2, -0.15) is 0 Å². The first-order valence-corrected chi connectivity index (χ1v) is 7.40. The van der Waals surface area contributed by atoms with Crippen molar-refractivity contribution >= 4 is 10.8 Å². The summed E-state index contributed by atoms with van der Waals surface area (Å²) >= 11 is 0. The van der Waals surface area contributed by atoms with Gasteiger partial charge in [-0.1, -0.05) is 6.92 Å². The van der Waals surface area contributed by atoms with Crippen LogP contribution in [0.1, 0.15) is 19.8 Å². The Labute approximate surface area is 102 Å². The van der Waals surface area contributed by atoms with Crippen molar-refractivity contribution < 1.29 is 13.7 Å². The third-order valence-electron chi connectivity index (χ3n) is 2.35. The molecule has 0 fully saturated rings. The highest BCUT2D eigenvalue weighted by atomic mass is 32.2. The monoisotopic (exact) mass is 251 g/mol. The quantitative estimate of drug-likeness (QED) is 0.552. The molecular formula is C11H25NO3S. The van der Waals surface area contributed by atoms with Crippen LogP contribution in [-0.4, -0.2) is 55.7 Å². The lowest BCUT2D eigenvalue weighted by atomic mass is 10.3. The Hall–Kier alpha value is 0.0300. The summed E-state index contributed by atoms with van der Waals surface area (Å²) < 4.78 is 21.4. The fourth-order valence-electron chi connectivity index (χ4n) is 1.15. The molecule has 0 saturated heterocycles. The summed E-state index contributed by atoms with van der Waals surface area (Å²) in [5, 5.41) is 3.54. The minimum absolute atomic E-state index is 0.273. The van der Waals surface area contributed by atoms with E-state index < -0.39 is 10.8 Å². The zero-order valence-electron chi connectivity index (χ0n) is 10.7. The zero-order valence-corrected chi connectivity index (χ0v) is 11.5. The van der Waals surface area contributed by atoms with Crippen LogP contribution in [0.2, 0.25) is 0 Å². The number of rotatable bonds is 11. The van der Waals surface area contributed by atoms with Gasteiger partial charge >= 0.3 is 0 Å². The second kappa shape index (κ2) is 11.5. The molecule has 0 aliphatic heterocycles. The summed E-state index contributed by atoms with van der Waals surface area (Å²) in [4.78, 5) is 0. The highest BCUT2D eigenvalue weighted by molar-refractivity contribution is 7.84. The van der Waals surface area contributed by atoms with Gasteiger partial charge in [0.25, 0.3) is 0 Å². The van der Waals surface area contributed by atoms with Crippen LogP contribution in [0.5, 0.6) is 0 Å². The molecule has 0 rings (SSSR count). The molecule has 0 aliphatic carbocycles. The third kappa shape index (κ3) is 10.5. The molecule has 0 heterocycles. The topological polar surface area (TPSA) is 47.6 Å². The molecule has 0 bridgehead atoms. The highest BCUT2D eigenvalue weighted by Crippen LogP contribution is 1.96. The first-order chi connectivity index (χ1) is 7.68. The van der Waals surface area contributed by atoms with Crippen LogP contribution in [0.4, 0.5) is 0 Å². The van der Waals surface area contributed by atoms with Gasteiger partial charge in [0, 0.05) is 49.2 Å². The molecule has 0 aliphatic rings. The van der Waals surface area contributed by atoms with Crippen LogP contribution in [0.15, 0.2) is 0 Å². The maximum Gasteiger partial charge on any atom is 0.0590 e. The fourth-order valence-corrected chi connectivity index (χ4v) is 1.60. The van der Waals surface area contributed by atoms with Crippen molar-refractivity contribution in [2.24, 2.45) is 0 Å². The van der Waals surface area contributed by atoms with Crippen molar-refractivity contribution in [1.82, 2.24) is 5.32 Å². The SMILES string of the molecule is COCCCOCCNCCC(C)S(C)=O. The van der Waals surface area contributed by atoms with Gasteiger partial charge in [-0.15, -0.1) is 0 Å². The summed E-state index contributed by atoms with van der Waals surface area (Å²) in [7, 11) is 0.987. The van der Waals surface area contributed by atoms with Gasteiger partial charge in [-0.05, 0) is 19.4 Å². The van der Waals surface area contributed by atoms with Crippen molar-refractivity contribution in [2.45, 2.75) is 25.0 Å². The summed E-state index contributed by atoms with van der Waals surface area (Å²) in [6, 6.07) is 0. The number of methoxy groups -OCH3 is 1. The van der Waals surface area contributed by atoms with E-state index in [9.17, 15) is 4.21 Å². The number of ether oxygens (including phenoxy) is 2. The van der Waals surface area contributed by atoms with Crippen molar-refractivity contribution in [1.29, 1.82) is 0 Å². The van der Waals surface area contributed by atoms with Crippen LogP contribution in [0.3, 0.4) is 0 Å². The predicted octanol–water partition coefficient (Wildman–Crippen LogP) is 0.786. The second-order valence-corrected chi connectivity index (χ2v) is 5.61. The molecule has 0 aromatic heterocycles. The lowest BCUT2D eigenvalue weighted by Crippen LogP contribution is -2.24. The minimum atomic E-state index is -0.708. The minimum Gasteiger partial charge on any atom is -0.385 e. The lowest BCUT2D eigenvalue weighted by molar-refractivity contribution is 0.104. The smallest absolute Gasteiger partial charge is 0.0590 e. The Kier molecular flexibility index (Phi) is 11.5. The van der Waals surface area contributed by atoms with Crippen LogP contribution in [0.25, 0.3) is 0 Å². The van der Waals surface area contributed by atoms with Crippen molar-refractivity contribution in [3.8, 4) is 0 Å². The Morgan fingerprint density at radius 2 is 2.00 bits per heavy atom. The molecule has 0 saturated carbocycles. The molecule has 0 amide bonds. The van der Waals surface area contributed by atoms with E-state index in [2.05, 4.69) is 5.32 Å². The maximum absolute atomic E-state index is 11.1. The molecule has 1 N–H and O–H groups in total. The van der Waals surface area contributed by atoms with Crippen molar-refractivity contribution in [3.63, 3.8) is 0 Å². The number of hydrogen-bond donors (Lipinski definition) is 1. The normalized spacial score (nSPS) is 14.9. The van der Waals surface area contributed by atoms with Crippen molar-refractivity contribution in [3.05, 3.63) is 0 Å². The third-order valence-corrected chi connectivity index (χ3v) is 3.72. The van der Waals surface area contributed by atoms with Crippen LogP contribution in [0, 0.1) is 0 Å². The average molecular weight is 251 g/mol. The van der Waals surface area contributed by atoms with Crippen LogP contribution in [-0.2, 0) is 20.3 Å². The van der Waals surface area contributed by atoms with E-state index in [0.717, 1.165) is 45.8 Å². The summed E-state index contributed by atoms with van der Waals surface area (Å²) in [6.45, 7) is 6.02. The van der Waals surface area contributed by atoms with Gasteiger partial charge in [0.2, 0.25) is 0 Å². The van der Waals surface area contributed by atoms with Crippen LogP contribution < -0.4 is 5.32 Å². The van der Waals surface area contributed by atoms with E-state index in [1.165, 1.54) is 0 Å². The zero-order chi connectivity index (χ0) is 12.2. The van der Waals surface area contributed by atoms with Gasteiger partial charge in [0.1, 0.15) is 0 Å². The molecule has 0 aromatic carbocycles. The van der Waals surface area contributed by atoms with E-state index >= 15 is 0 Å². The van der Waals surface area contributed by atoms with Crippen molar-refractivity contribution in [2.75, 3.05) is 46.3 Å². The molecule has 2 unspecified atom stereocenters. The standard InChI is InChI=1S/C11H25NO3S/c1-11(16(3)13)5-6-12-7-10-15-9-4-8-14-2/h11-12H,4-10H2,1-3H3. The Balaban J connectivity index is 3.07. The van der Waals surface area contributed by atoms with Gasteiger partial charge in [0.05, 0.1) is 6.61 Å². The summed E-state index contributed by atoms with van der Waals surface area (Å²) in [5.41, 5.74) is 0. The molecule has 98 valence electrons. The van der Waals surface area contributed by atoms with E-state index in [4.69, 9.17) is 9.47 Å². The maximum atomic E-state index is 11.1. The first-order valence-electron chi connectivity index (χ1n) is 5.78. The summed E-state index contributed by atoms with van der Waals surface area (Å²) in [5.74, 6) is 0. The van der Waals surface area contributed by atoms with E-state index in [1.54, 1.807) is 13.4 Å². The second-order valence-electron chi connectivity index (χ2n) is 3.81. The van der Waals surface area contributed by atoms with Gasteiger partial charge in [-0.3, -0.25) is 4.21 Å². The number of hydrogen-bond acceptors (Lipinski definition) is 4. The molecule has 4 nitrogen and oxygen atoms in total. The predicted molar refractivity (Wildman–Crippen MR) is 68.3 cm³/mol. The lowest BCUT2D eigenvalue weighted by Gasteiger charge is -2.09. The largest absolute Gasteiger partial charge is 0.385 e. The van der Waals surface area contributed by atoms with Gasteiger partial charge < -0.3 is 14.8 Å². The Morgan fingerprint density at radius 3 is 2.62 bits per heavy atom. The molecule has 0 aromatic rings. The first kappa shape index (κ1) is 16.0. The molecule has 0 spiro atoms. The Bertz CT molecular complexity index is 179. The number of nitrogens with one attached hydrogen (secondary N) is 1. The molecule has 2 atom stereocenters. The summed E-state index contributed by atoms with van der Waals surface area (Å²) in [6.07, 6.45) is 3.65. The van der Waals surface area contributed by atoms with Crippen LogP contribution >= 0.6 is 0 Å². The molecule has 16 heavy (non-hydrogen) atoms. The Morgan fingerprint density at radius 1 is 1.25 bits per heavy atom. The molecular weight excluding hydrogens is 226 g/mol. The van der Waals surface area contributed by atoms with Gasteiger partial charge in [-0.25, -0.2) is 0 Å². The van der Waals surface area contributed by atoms with Gasteiger partial charge in [0.15, 0.2) is 0 Å². The molecule has 0 radical (unpaired) electrons. The van der Waals surface area contributed by atoms with E-state index in [1.807, 2.05) is 6.92 Å². The molecule has 5 heteroatoms. The van der Waals surface area contributed by atoms with E-state index in [0.29, 0.717) is 0 Å². The average Bonchev–Trinajstić information content (AvgIpc) is 2.26. The highest BCUT2D eigenvalue weighted by Gasteiger charge is 2.04. The van der Waals surface area contributed by atoms with E-state index in [-0.39, 0.29) is 5.25 Å².